The van der Waals surface area contributed by atoms with Crippen LogP contribution in [0.3, 0.4) is 0 Å². The Balaban J connectivity index is 1.83. The van der Waals surface area contributed by atoms with Gasteiger partial charge >= 0.3 is 0 Å². The van der Waals surface area contributed by atoms with E-state index in [9.17, 15) is 4.79 Å². The van der Waals surface area contributed by atoms with Crippen LogP contribution in [0.25, 0.3) is 5.69 Å². The summed E-state index contributed by atoms with van der Waals surface area (Å²) in [5, 5.41) is 4.37. The summed E-state index contributed by atoms with van der Waals surface area (Å²) in [6.45, 7) is 2.91. The van der Waals surface area contributed by atoms with Gasteiger partial charge in [-0.25, -0.2) is 4.68 Å². The van der Waals surface area contributed by atoms with Crippen LogP contribution in [0.5, 0.6) is 0 Å². The van der Waals surface area contributed by atoms with E-state index in [1.54, 1.807) is 16.9 Å². The Labute approximate surface area is 118 Å². The minimum atomic E-state index is 0.0178. The second-order valence-corrected chi connectivity index (χ2v) is 5.23. The van der Waals surface area contributed by atoms with Crippen molar-refractivity contribution in [2.75, 3.05) is 12.3 Å². The van der Waals surface area contributed by atoms with Gasteiger partial charge in [-0.1, -0.05) is 0 Å². The summed E-state index contributed by atoms with van der Waals surface area (Å²) < 4.78 is 1.70. The van der Waals surface area contributed by atoms with E-state index in [0.717, 1.165) is 25.1 Å². The summed E-state index contributed by atoms with van der Waals surface area (Å²) in [6.07, 6.45) is 3.95. The highest BCUT2D eigenvalue weighted by Crippen LogP contribution is 2.19. The molecule has 1 atom stereocenters. The van der Waals surface area contributed by atoms with E-state index in [1.807, 2.05) is 29.2 Å². The summed E-state index contributed by atoms with van der Waals surface area (Å²) in [5.41, 5.74) is 7.77. The number of carbonyl (C=O) groups excluding carboxylic acids is 1. The first kappa shape index (κ1) is 12.7. The third-order valence-corrected chi connectivity index (χ3v) is 3.78. The summed E-state index contributed by atoms with van der Waals surface area (Å²) in [4.78, 5) is 14.3. The number of nitrogens with two attached hydrogens (primary N) is 1. The van der Waals surface area contributed by atoms with Crippen molar-refractivity contribution >= 4 is 11.6 Å². The van der Waals surface area contributed by atoms with Crippen LogP contribution in [-0.4, -0.2) is 33.2 Å². The van der Waals surface area contributed by atoms with Gasteiger partial charge in [0.1, 0.15) is 0 Å². The van der Waals surface area contributed by atoms with Gasteiger partial charge in [-0.05, 0) is 50.1 Å². The molecule has 1 unspecified atom stereocenters. The van der Waals surface area contributed by atoms with Crippen molar-refractivity contribution in [2.24, 2.45) is 0 Å². The number of anilines is 1. The molecule has 2 N–H and O–H groups in total. The number of amides is 1. The lowest BCUT2D eigenvalue weighted by Gasteiger charge is -2.19. The summed E-state index contributed by atoms with van der Waals surface area (Å²) in [6, 6.07) is 9.49. The van der Waals surface area contributed by atoms with Crippen LogP contribution < -0.4 is 5.73 Å². The molecular weight excluding hydrogens is 252 g/mol. The topological polar surface area (TPSA) is 64.2 Å². The van der Waals surface area contributed by atoms with Gasteiger partial charge in [0.15, 0.2) is 5.69 Å². The van der Waals surface area contributed by atoms with Crippen molar-refractivity contribution in [1.82, 2.24) is 14.7 Å². The van der Waals surface area contributed by atoms with Gasteiger partial charge < -0.3 is 10.6 Å². The summed E-state index contributed by atoms with van der Waals surface area (Å²) in [5.74, 6) is 0.0178. The lowest BCUT2D eigenvalue weighted by Crippen LogP contribution is -2.33. The SMILES string of the molecule is CC1CCCN1C(=O)c1ccn(-c2ccc(N)cc2)n1. The monoisotopic (exact) mass is 270 g/mol. The van der Waals surface area contributed by atoms with Crippen molar-refractivity contribution in [2.45, 2.75) is 25.8 Å². The predicted molar refractivity (Wildman–Crippen MR) is 77.7 cm³/mol. The van der Waals surface area contributed by atoms with Crippen LogP contribution in [0.15, 0.2) is 36.5 Å². The van der Waals surface area contributed by atoms with Crippen molar-refractivity contribution in [3.8, 4) is 5.69 Å². The Hall–Kier alpha value is -2.30. The molecule has 0 aliphatic carbocycles. The van der Waals surface area contributed by atoms with Crippen LogP contribution >= 0.6 is 0 Å². The Kier molecular flexibility index (Phi) is 3.18. The molecule has 2 aromatic rings. The molecule has 1 aliphatic heterocycles. The molecule has 5 heteroatoms. The molecule has 1 saturated heterocycles. The molecule has 0 saturated carbocycles. The molecule has 3 rings (SSSR count). The number of nitrogen functional groups attached to an aromatic ring is 1. The third kappa shape index (κ3) is 2.27. The number of nitrogens with zero attached hydrogens (tertiary/aromatic N) is 3. The fourth-order valence-corrected chi connectivity index (χ4v) is 2.59. The molecule has 104 valence electrons. The van der Waals surface area contributed by atoms with E-state index < -0.39 is 0 Å². The molecular formula is C15H18N4O. The average molecular weight is 270 g/mol. The average Bonchev–Trinajstić information content (AvgIpc) is 3.08. The van der Waals surface area contributed by atoms with E-state index in [4.69, 9.17) is 5.73 Å². The number of carbonyl (C=O) groups is 1. The second-order valence-electron chi connectivity index (χ2n) is 5.23. The minimum Gasteiger partial charge on any atom is -0.399 e. The summed E-state index contributed by atoms with van der Waals surface area (Å²) >= 11 is 0. The van der Waals surface area contributed by atoms with Gasteiger partial charge in [-0.2, -0.15) is 5.10 Å². The van der Waals surface area contributed by atoms with E-state index in [-0.39, 0.29) is 5.91 Å². The van der Waals surface area contributed by atoms with Gasteiger partial charge in [0.25, 0.3) is 5.91 Å². The van der Waals surface area contributed by atoms with Gasteiger partial charge in [-0.15, -0.1) is 0 Å². The lowest BCUT2D eigenvalue weighted by molar-refractivity contribution is 0.0741. The van der Waals surface area contributed by atoms with Crippen LogP contribution in [-0.2, 0) is 0 Å². The van der Waals surface area contributed by atoms with Gasteiger partial charge in [-0.3, -0.25) is 4.79 Å². The Bertz CT molecular complexity index is 617. The number of aromatic nitrogens is 2. The molecule has 5 nitrogen and oxygen atoms in total. The molecule has 0 radical (unpaired) electrons. The van der Waals surface area contributed by atoms with E-state index in [2.05, 4.69) is 12.0 Å². The van der Waals surface area contributed by atoms with Gasteiger partial charge in [0.2, 0.25) is 0 Å². The maximum atomic E-state index is 12.4. The zero-order chi connectivity index (χ0) is 14.1. The number of hydrogen-bond donors (Lipinski definition) is 1. The predicted octanol–water partition coefficient (Wildman–Crippen LogP) is 2.08. The van der Waals surface area contributed by atoms with Gasteiger partial charge in [0.05, 0.1) is 5.69 Å². The molecule has 1 amide bonds. The maximum absolute atomic E-state index is 12.4. The normalized spacial score (nSPS) is 18.4. The Morgan fingerprint density at radius 3 is 2.70 bits per heavy atom. The zero-order valence-corrected chi connectivity index (χ0v) is 11.5. The van der Waals surface area contributed by atoms with Crippen LogP contribution in [0, 0.1) is 0 Å². The Morgan fingerprint density at radius 1 is 1.30 bits per heavy atom. The van der Waals surface area contributed by atoms with Gasteiger partial charge in [0, 0.05) is 24.5 Å². The molecule has 1 aromatic carbocycles. The van der Waals surface area contributed by atoms with Crippen molar-refractivity contribution < 1.29 is 4.79 Å². The molecule has 1 fully saturated rings. The quantitative estimate of drug-likeness (QED) is 0.850. The highest BCUT2D eigenvalue weighted by atomic mass is 16.2. The van der Waals surface area contributed by atoms with Crippen molar-refractivity contribution in [1.29, 1.82) is 0 Å². The molecule has 1 aliphatic rings. The second kappa shape index (κ2) is 5.00. The van der Waals surface area contributed by atoms with E-state index in [0.29, 0.717) is 17.4 Å². The maximum Gasteiger partial charge on any atom is 0.274 e. The smallest absolute Gasteiger partial charge is 0.274 e. The first-order chi connectivity index (χ1) is 9.65. The Morgan fingerprint density at radius 2 is 2.05 bits per heavy atom. The molecule has 0 spiro atoms. The minimum absolute atomic E-state index is 0.0178. The third-order valence-electron chi connectivity index (χ3n) is 3.78. The number of hydrogen-bond acceptors (Lipinski definition) is 3. The van der Waals surface area contributed by atoms with E-state index in [1.165, 1.54) is 0 Å². The molecule has 1 aromatic heterocycles. The number of likely N-dealkylation sites (tertiary alicyclic amines) is 1. The van der Waals surface area contributed by atoms with E-state index >= 15 is 0 Å². The molecule has 20 heavy (non-hydrogen) atoms. The van der Waals surface area contributed by atoms with Crippen molar-refractivity contribution in [3.05, 3.63) is 42.2 Å². The van der Waals surface area contributed by atoms with Crippen LogP contribution in [0.1, 0.15) is 30.3 Å². The highest BCUT2D eigenvalue weighted by molar-refractivity contribution is 5.92. The first-order valence-corrected chi connectivity index (χ1v) is 6.88. The largest absolute Gasteiger partial charge is 0.399 e. The van der Waals surface area contributed by atoms with Crippen LogP contribution in [0.2, 0.25) is 0 Å². The molecule has 0 bridgehead atoms. The highest BCUT2D eigenvalue weighted by Gasteiger charge is 2.27. The standard InChI is InChI=1S/C15H18N4O/c1-11-3-2-9-18(11)15(20)14-8-10-19(17-14)13-6-4-12(16)5-7-13/h4-8,10-11H,2-3,9,16H2,1H3. The fourth-order valence-electron chi connectivity index (χ4n) is 2.59. The number of benzene rings is 1. The number of rotatable bonds is 2. The summed E-state index contributed by atoms with van der Waals surface area (Å²) in [7, 11) is 0. The fraction of sp³-hybridized carbons (Fsp3) is 0.333. The van der Waals surface area contributed by atoms with Crippen LogP contribution in [0.4, 0.5) is 5.69 Å². The zero-order valence-electron chi connectivity index (χ0n) is 11.5. The van der Waals surface area contributed by atoms with Crippen molar-refractivity contribution in [3.63, 3.8) is 0 Å². The lowest BCUT2D eigenvalue weighted by atomic mass is 10.2. The molecule has 2 heterocycles. The first-order valence-electron chi connectivity index (χ1n) is 6.88.